The summed E-state index contributed by atoms with van der Waals surface area (Å²) in [6.45, 7) is 12.3. The summed E-state index contributed by atoms with van der Waals surface area (Å²) in [4.78, 5) is 0. The van der Waals surface area contributed by atoms with Crippen molar-refractivity contribution in [3.63, 3.8) is 0 Å². The van der Waals surface area contributed by atoms with Crippen molar-refractivity contribution >= 4 is 0 Å². The van der Waals surface area contributed by atoms with E-state index in [2.05, 4.69) is 39.9 Å². The maximum absolute atomic E-state index is 9.57. The molecule has 0 saturated carbocycles. The van der Waals surface area contributed by atoms with Gasteiger partial charge in [0.05, 0.1) is 6.61 Å². The van der Waals surface area contributed by atoms with Gasteiger partial charge in [-0.2, -0.15) is 0 Å². The first kappa shape index (κ1) is 14.9. The summed E-state index contributed by atoms with van der Waals surface area (Å²) in [5.41, 5.74) is -0.0559. The minimum absolute atomic E-state index is 0.0559. The smallest absolute Gasteiger partial charge is 0.0613 e. The van der Waals surface area contributed by atoms with Gasteiger partial charge in [-0.05, 0) is 31.2 Å². The van der Waals surface area contributed by atoms with Gasteiger partial charge in [-0.3, -0.25) is 0 Å². The summed E-state index contributed by atoms with van der Waals surface area (Å²) in [5, 5.41) is 13.1. The van der Waals surface area contributed by atoms with E-state index in [4.69, 9.17) is 0 Å². The van der Waals surface area contributed by atoms with Crippen molar-refractivity contribution in [2.24, 2.45) is 11.8 Å². The maximum atomic E-state index is 9.57. The van der Waals surface area contributed by atoms with Crippen LogP contribution in [-0.4, -0.2) is 23.8 Å². The Bertz CT molecular complexity index is 153. The van der Waals surface area contributed by atoms with Crippen LogP contribution in [0.1, 0.15) is 53.9 Å². The molecule has 0 amide bonds. The lowest BCUT2D eigenvalue weighted by atomic mass is 9.85. The van der Waals surface area contributed by atoms with Crippen LogP contribution in [0.2, 0.25) is 0 Å². The molecule has 92 valence electrons. The Morgan fingerprint density at radius 2 is 1.80 bits per heavy atom. The van der Waals surface area contributed by atoms with Crippen LogP contribution < -0.4 is 5.32 Å². The van der Waals surface area contributed by atoms with Crippen molar-refractivity contribution in [1.82, 2.24) is 5.32 Å². The quantitative estimate of drug-likeness (QED) is 0.652. The Balaban J connectivity index is 4.29. The van der Waals surface area contributed by atoms with E-state index in [1.165, 1.54) is 6.42 Å². The van der Waals surface area contributed by atoms with Crippen LogP contribution in [0, 0.1) is 11.8 Å². The summed E-state index contributed by atoms with van der Waals surface area (Å²) >= 11 is 0. The minimum atomic E-state index is -0.0559. The Hall–Kier alpha value is -0.0800. The zero-order chi connectivity index (χ0) is 11.9. The number of nitrogens with one attached hydrogen (secondary N) is 1. The summed E-state index contributed by atoms with van der Waals surface area (Å²) in [6.07, 6.45) is 3.26. The van der Waals surface area contributed by atoms with Crippen LogP contribution in [-0.2, 0) is 0 Å². The average Bonchev–Trinajstić information content (AvgIpc) is 2.24. The third-order valence-corrected chi connectivity index (χ3v) is 3.30. The van der Waals surface area contributed by atoms with E-state index in [0.29, 0.717) is 11.8 Å². The molecule has 0 aliphatic heterocycles. The fraction of sp³-hybridized carbons (Fsp3) is 1.00. The van der Waals surface area contributed by atoms with Gasteiger partial charge in [0.1, 0.15) is 0 Å². The lowest BCUT2D eigenvalue weighted by molar-refractivity contribution is 0.126. The van der Waals surface area contributed by atoms with Crippen molar-refractivity contribution < 1.29 is 5.11 Å². The molecule has 2 unspecified atom stereocenters. The third kappa shape index (κ3) is 5.53. The second-order valence-corrected chi connectivity index (χ2v) is 5.28. The van der Waals surface area contributed by atoms with Crippen LogP contribution in [0.4, 0.5) is 0 Å². The number of aliphatic hydroxyl groups excluding tert-OH is 1. The largest absolute Gasteiger partial charge is 0.394 e. The zero-order valence-corrected chi connectivity index (χ0v) is 11.1. The van der Waals surface area contributed by atoms with Crippen molar-refractivity contribution in [3.8, 4) is 0 Å². The molecule has 2 nitrogen and oxygen atoms in total. The van der Waals surface area contributed by atoms with Crippen molar-refractivity contribution in [2.45, 2.75) is 59.4 Å². The number of hydrogen-bond acceptors (Lipinski definition) is 2. The van der Waals surface area contributed by atoms with Gasteiger partial charge in [0.2, 0.25) is 0 Å². The first-order valence-corrected chi connectivity index (χ1v) is 6.35. The highest BCUT2D eigenvalue weighted by atomic mass is 16.3. The predicted molar refractivity (Wildman–Crippen MR) is 67.0 cm³/mol. The van der Waals surface area contributed by atoms with E-state index in [1.807, 2.05) is 0 Å². The van der Waals surface area contributed by atoms with Crippen molar-refractivity contribution in [1.29, 1.82) is 0 Å². The van der Waals surface area contributed by atoms with Gasteiger partial charge in [0.25, 0.3) is 0 Å². The van der Waals surface area contributed by atoms with E-state index in [1.54, 1.807) is 0 Å². The highest BCUT2D eigenvalue weighted by Gasteiger charge is 2.28. The van der Waals surface area contributed by atoms with Crippen LogP contribution in [0.15, 0.2) is 0 Å². The van der Waals surface area contributed by atoms with Crippen molar-refractivity contribution in [2.75, 3.05) is 13.2 Å². The summed E-state index contributed by atoms with van der Waals surface area (Å²) in [7, 11) is 0. The Kier molecular flexibility index (Phi) is 7.20. The Morgan fingerprint density at radius 1 is 1.20 bits per heavy atom. The van der Waals surface area contributed by atoms with Crippen molar-refractivity contribution in [3.05, 3.63) is 0 Å². The molecule has 0 bridgehead atoms. The fourth-order valence-corrected chi connectivity index (χ4v) is 1.81. The van der Waals surface area contributed by atoms with E-state index in [9.17, 15) is 5.11 Å². The second kappa shape index (κ2) is 7.24. The first-order chi connectivity index (χ1) is 6.99. The van der Waals surface area contributed by atoms with E-state index in [-0.39, 0.29) is 12.1 Å². The maximum Gasteiger partial charge on any atom is 0.0613 e. The lowest BCUT2D eigenvalue weighted by Gasteiger charge is -2.35. The molecule has 0 fully saturated rings. The Morgan fingerprint density at radius 3 is 2.13 bits per heavy atom. The van der Waals surface area contributed by atoms with Crippen LogP contribution in [0.3, 0.4) is 0 Å². The molecule has 15 heavy (non-hydrogen) atoms. The molecular weight excluding hydrogens is 186 g/mol. The third-order valence-electron chi connectivity index (χ3n) is 3.30. The van der Waals surface area contributed by atoms with Gasteiger partial charge in [0, 0.05) is 5.54 Å². The molecule has 0 aromatic carbocycles. The molecule has 0 spiro atoms. The molecule has 0 aliphatic rings. The summed E-state index contributed by atoms with van der Waals surface area (Å²) < 4.78 is 0. The number of hydrogen-bond donors (Lipinski definition) is 2. The molecule has 0 rings (SSSR count). The molecular formula is C13H29NO. The Labute approximate surface area is 95.5 Å². The van der Waals surface area contributed by atoms with Gasteiger partial charge in [-0.1, -0.05) is 41.0 Å². The SMILES string of the molecule is CCC(C)CC(CC)(CO)NCC(C)C. The van der Waals surface area contributed by atoms with Gasteiger partial charge in [-0.25, -0.2) is 0 Å². The van der Waals surface area contributed by atoms with Crippen LogP contribution in [0.5, 0.6) is 0 Å². The second-order valence-electron chi connectivity index (χ2n) is 5.28. The topological polar surface area (TPSA) is 32.3 Å². The number of rotatable bonds is 8. The highest BCUT2D eigenvalue weighted by molar-refractivity contribution is 4.87. The molecule has 0 aromatic heterocycles. The lowest BCUT2D eigenvalue weighted by Crippen LogP contribution is -2.50. The molecule has 0 saturated heterocycles. The van der Waals surface area contributed by atoms with Gasteiger partial charge in [0.15, 0.2) is 0 Å². The van der Waals surface area contributed by atoms with Crippen LogP contribution >= 0.6 is 0 Å². The molecule has 2 heteroatoms. The standard InChI is InChI=1S/C13H29NO/c1-6-12(5)8-13(7-2,10-15)14-9-11(3)4/h11-12,14-15H,6-10H2,1-5H3. The molecule has 0 radical (unpaired) electrons. The van der Waals surface area contributed by atoms with Crippen LogP contribution in [0.25, 0.3) is 0 Å². The van der Waals surface area contributed by atoms with E-state index < -0.39 is 0 Å². The zero-order valence-electron chi connectivity index (χ0n) is 11.1. The molecule has 2 N–H and O–H groups in total. The van der Waals surface area contributed by atoms with Gasteiger partial charge in [-0.15, -0.1) is 0 Å². The molecule has 0 aromatic rings. The predicted octanol–water partition coefficient (Wildman–Crippen LogP) is 2.81. The van der Waals surface area contributed by atoms with Gasteiger partial charge < -0.3 is 10.4 Å². The monoisotopic (exact) mass is 215 g/mol. The van der Waals surface area contributed by atoms with Gasteiger partial charge >= 0.3 is 0 Å². The van der Waals surface area contributed by atoms with E-state index >= 15 is 0 Å². The summed E-state index contributed by atoms with van der Waals surface area (Å²) in [6, 6.07) is 0. The average molecular weight is 215 g/mol. The summed E-state index contributed by atoms with van der Waals surface area (Å²) in [5.74, 6) is 1.32. The number of aliphatic hydroxyl groups is 1. The normalized spacial score (nSPS) is 17.8. The first-order valence-electron chi connectivity index (χ1n) is 6.35. The molecule has 2 atom stereocenters. The highest BCUT2D eigenvalue weighted by Crippen LogP contribution is 2.22. The molecule has 0 heterocycles. The minimum Gasteiger partial charge on any atom is -0.394 e. The fourth-order valence-electron chi connectivity index (χ4n) is 1.81. The molecule has 0 aliphatic carbocycles. The van der Waals surface area contributed by atoms with E-state index in [0.717, 1.165) is 19.4 Å².